The highest BCUT2D eigenvalue weighted by Gasteiger charge is 2.31. The average molecular weight is 353 g/mol. The second-order valence-corrected chi connectivity index (χ2v) is 7.51. The second-order valence-electron chi connectivity index (χ2n) is 6.66. The van der Waals surface area contributed by atoms with Crippen LogP contribution in [-0.2, 0) is 0 Å². The molecule has 2 nitrogen and oxygen atoms in total. The molecule has 0 radical (unpaired) electrons. The van der Waals surface area contributed by atoms with E-state index < -0.39 is 0 Å². The van der Waals surface area contributed by atoms with Gasteiger partial charge in [0.2, 0.25) is 0 Å². The summed E-state index contributed by atoms with van der Waals surface area (Å²) in [4.78, 5) is 2.60. The van der Waals surface area contributed by atoms with Crippen molar-refractivity contribution in [1.29, 1.82) is 0 Å². The van der Waals surface area contributed by atoms with Crippen molar-refractivity contribution >= 4 is 15.9 Å². The van der Waals surface area contributed by atoms with Crippen molar-refractivity contribution in [3.63, 3.8) is 0 Å². The van der Waals surface area contributed by atoms with Gasteiger partial charge in [0, 0.05) is 10.5 Å². The highest BCUT2D eigenvalue weighted by molar-refractivity contribution is 9.10. The Morgan fingerprint density at radius 2 is 1.86 bits per heavy atom. The van der Waals surface area contributed by atoms with Crippen LogP contribution in [0.4, 0.5) is 0 Å². The lowest BCUT2D eigenvalue weighted by atomic mass is 9.85. The first-order chi connectivity index (χ1) is 10.0. The van der Waals surface area contributed by atoms with Gasteiger partial charge in [0.25, 0.3) is 0 Å². The van der Waals surface area contributed by atoms with Crippen molar-refractivity contribution in [2.24, 2.45) is 17.6 Å². The molecule has 2 rings (SSSR count). The summed E-state index contributed by atoms with van der Waals surface area (Å²) in [7, 11) is 0. The third-order valence-corrected chi connectivity index (χ3v) is 5.73. The summed E-state index contributed by atoms with van der Waals surface area (Å²) in [6.07, 6.45) is 3.61. The second kappa shape index (κ2) is 7.75. The molecule has 0 bridgehead atoms. The number of benzene rings is 1. The molecule has 1 aliphatic rings. The Labute approximate surface area is 138 Å². The van der Waals surface area contributed by atoms with Gasteiger partial charge in [-0.15, -0.1) is 0 Å². The minimum atomic E-state index is 0.194. The van der Waals surface area contributed by atoms with Crippen LogP contribution in [0.3, 0.4) is 0 Å². The number of rotatable bonds is 5. The first-order valence-corrected chi connectivity index (χ1v) is 9.08. The average Bonchev–Trinajstić information content (AvgIpc) is 2.49. The monoisotopic (exact) mass is 352 g/mol. The maximum Gasteiger partial charge on any atom is 0.0510 e. The van der Waals surface area contributed by atoms with Crippen molar-refractivity contribution in [3.05, 3.63) is 34.3 Å². The van der Waals surface area contributed by atoms with Gasteiger partial charge in [0.1, 0.15) is 0 Å². The summed E-state index contributed by atoms with van der Waals surface area (Å²) >= 11 is 3.71. The van der Waals surface area contributed by atoms with E-state index in [1.807, 2.05) is 0 Å². The predicted molar refractivity (Wildman–Crippen MR) is 94.3 cm³/mol. The highest BCUT2D eigenvalue weighted by Crippen LogP contribution is 2.35. The normalized spacial score (nSPS) is 20.7. The van der Waals surface area contributed by atoms with Crippen LogP contribution >= 0.6 is 15.9 Å². The maximum absolute atomic E-state index is 6.48. The van der Waals surface area contributed by atoms with Crippen molar-refractivity contribution in [3.8, 4) is 0 Å². The molecule has 2 atom stereocenters. The van der Waals surface area contributed by atoms with Gasteiger partial charge in [-0.2, -0.15) is 0 Å². The zero-order chi connectivity index (χ0) is 15.4. The molecule has 0 aliphatic carbocycles. The van der Waals surface area contributed by atoms with Crippen LogP contribution in [-0.4, -0.2) is 24.0 Å². The van der Waals surface area contributed by atoms with Gasteiger partial charge >= 0.3 is 0 Å². The summed E-state index contributed by atoms with van der Waals surface area (Å²) in [5.74, 6) is 1.67. The Bertz CT molecular complexity index is 439. The number of nitrogens with two attached hydrogens (primary N) is 1. The lowest BCUT2D eigenvalue weighted by Gasteiger charge is -2.41. The molecule has 0 aromatic heterocycles. The number of likely N-dealkylation sites (tertiary alicyclic amines) is 1. The Morgan fingerprint density at radius 1 is 1.24 bits per heavy atom. The van der Waals surface area contributed by atoms with E-state index in [2.05, 4.69) is 65.9 Å². The molecule has 1 fully saturated rings. The fourth-order valence-electron chi connectivity index (χ4n) is 3.50. The number of nitrogens with zero attached hydrogens (tertiary/aromatic N) is 1. The van der Waals surface area contributed by atoms with Crippen LogP contribution in [0, 0.1) is 11.8 Å². The van der Waals surface area contributed by atoms with Crippen molar-refractivity contribution in [2.75, 3.05) is 13.1 Å². The van der Waals surface area contributed by atoms with Gasteiger partial charge in [-0.05, 0) is 55.8 Å². The Morgan fingerprint density at radius 3 is 2.38 bits per heavy atom. The van der Waals surface area contributed by atoms with Gasteiger partial charge < -0.3 is 5.73 Å². The maximum atomic E-state index is 6.48. The summed E-state index contributed by atoms with van der Waals surface area (Å²) < 4.78 is 1.19. The zero-order valence-corrected chi connectivity index (χ0v) is 15.1. The fourth-order valence-corrected chi connectivity index (χ4v) is 4.02. The third kappa shape index (κ3) is 4.08. The first kappa shape index (κ1) is 17.0. The van der Waals surface area contributed by atoms with Gasteiger partial charge in [-0.3, -0.25) is 4.90 Å². The quantitative estimate of drug-likeness (QED) is 0.839. The van der Waals surface area contributed by atoms with Crippen molar-refractivity contribution in [2.45, 2.75) is 52.1 Å². The van der Waals surface area contributed by atoms with E-state index in [4.69, 9.17) is 5.73 Å². The standard InChI is InChI=1S/C18H29BrN2/c1-4-17(20)18(15-7-5-6-8-16(15)19)21-11-9-14(10-12-21)13(2)3/h5-8,13-14,17-18H,4,9-12,20H2,1-3H3. The Kier molecular flexibility index (Phi) is 6.27. The van der Waals surface area contributed by atoms with E-state index in [0.717, 1.165) is 18.3 Å². The van der Waals surface area contributed by atoms with Crippen LogP contribution in [0.25, 0.3) is 0 Å². The minimum Gasteiger partial charge on any atom is -0.326 e. The molecule has 21 heavy (non-hydrogen) atoms. The molecule has 2 N–H and O–H groups in total. The summed E-state index contributed by atoms with van der Waals surface area (Å²) in [5.41, 5.74) is 7.82. The summed E-state index contributed by atoms with van der Waals surface area (Å²) in [5, 5.41) is 0. The zero-order valence-electron chi connectivity index (χ0n) is 13.6. The van der Waals surface area contributed by atoms with Crippen LogP contribution < -0.4 is 5.73 Å². The number of hydrogen-bond donors (Lipinski definition) is 1. The molecule has 3 heteroatoms. The SMILES string of the molecule is CCC(N)C(c1ccccc1Br)N1CCC(C(C)C)CC1. The van der Waals surface area contributed by atoms with E-state index >= 15 is 0 Å². The largest absolute Gasteiger partial charge is 0.326 e. The van der Waals surface area contributed by atoms with Crippen LogP contribution in [0.5, 0.6) is 0 Å². The predicted octanol–water partition coefficient (Wildman–Crippen LogP) is 4.60. The highest BCUT2D eigenvalue weighted by atomic mass is 79.9. The summed E-state index contributed by atoms with van der Waals surface area (Å²) in [6.45, 7) is 9.23. The first-order valence-electron chi connectivity index (χ1n) is 8.28. The molecule has 0 saturated carbocycles. The van der Waals surface area contributed by atoms with E-state index in [1.54, 1.807) is 0 Å². The van der Waals surface area contributed by atoms with Gasteiger partial charge in [-0.1, -0.05) is 54.9 Å². The fraction of sp³-hybridized carbons (Fsp3) is 0.667. The Balaban J connectivity index is 2.17. The molecular weight excluding hydrogens is 324 g/mol. The van der Waals surface area contributed by atoms with Crippen molar-refractivity contribution < 1.29 is 0 Å². The molecule has 2 unspecified atom stereocenters. The minimum absolute atomic E-state index is 0.194. The smallest absolute Gasteiger partial charge is 0.0510 e. The lowest BCUT2D eigenvalue weighted by molar-refractivity contribution is 0.0989. The molecule has 1 aromatic rings. The molecule has 1 saturated heterocycles. The van der Waals surface area contributed by atoms with Gasteiger partial charge in [-0.25, -0.2) is 0 Å². The van der Waals surface area contributed by atoms with Gasteiger partial charge in [0.05, 0.1) is 6.04 Å². The summed E-state index contributed by atoms with van der Waals surface area (Å²) in [6, 6.07) is 9.08. The van der Waals surface area contributed by atoms with E-state index in [9.17, 15) is 0 Å². The molecule has 118 valence electrons. The number of halogens is 1. The van der Waals surface area contributed by atoms with Crippen molar-refractivity contribution in [1.82, 2.24) is 4.90 Å². The molecule has 0 spiro atoms. The lowest BCUT2D eigenvalue weighted by Crippen LogP contribution is -2.45. The van der Waals surface area contributed by atoms with Gasteiger partial charge in [0.15, 0.2) is 0 Å². The Hall–Kier alpha value is -0.380. The van der Waals surface area contributed by atoms with Crippen LogP contribution in [0.2, 0.25) is 0 Å². The van der Waals surface area contributed by atoms with Crippen LogP contribution in [0.15, 0.2) is 28.7 Å². The number of piperidine rings is 1. The van der Waals surface area contributed by atoms with E-state index in [-0.39, 0.29) is 6.04 Å². The topological polar surface area (TPSA) is 29.3 Å². The van der Waals surface area contributed by atoms with E-state index in [0.29, 0.717) is 6.04 Å². The van der Waals surface area contributed by atoms with Crippen LogP contribution in [0.1, 0.15) is 51.6 Å². The number of hydrogen-bond acceptors (Lipinski definition) is 2. The molecule has 1 heterocycles. The molecule has 1 aromatic carbocycles. The van der Waals surface area contributed by atoms with E-state index in [1.165, 1.54) is 36.0 Å². The molecule has 0 amide bonds. The molecule has 1 aliphatic heterocycles. The molecular formula is C18H29BrN2. The third-order valence-electron chi connectivity index (χ3n) is 5.01.